The second-order valence-electron chi connectivity index (χ2n) is 6.36. The first-order valence-electron chi connectivity index (χ1n) is 9.60. The number of aromatic nitrogens is 3. The maximum absolute atomic E-state index is 12.2. The number of ether oxygens (including phenoxy) is 2. The van der Waals surface area contributed by atoms with Crippen LogP contribution in [0.15, 0.2) is 48.5 Å². The fourth-order valence-electron chi connectivity index (χ4n) is 2.80. The zero-order valence-corrected chi connectivity index (χ0v) is 18.1. The predicted molar refractivity (Wildman–Crippen MR) is 119 cm³/mol. The van der Waals surface area contributed by atoms with Gasteiger partial charge in [0.15, 0.2) is 10.6 Å². The minimum atomic E-state index is -0.0875. The fourth-order valence-corrected chi connectivity index (χ4v) is 3.15. The van der Waals surface area contributed by atoms with Gasteiger partial charge in [0.2, 0.25) is 5.91 Å². The summed E-state index contributed by atoms with van der Waals surface area (Å²) < 4.78 is 13.3. The summed E-state index contributed by atoms with van der Waals surface area (Å²) in [6.07, 6.45) is 0.277. The molecule has 9 heteroatoms. The Balaban J connectivity index is 1.49. The van der Waals surface area contributed by atoms with Crippen LogP contribution in [0.2, 0.25) is 5.02 Å². The van der Waals surface area contributed by atoms with Crippen molar-refractivity contribution in [3.05, 3.63) is 58.3 Å². The molecular weight excluding hydrogens is 424 g/mol. The molecule has 0 saturated heterocycles. The summed E-state index contributed by atoms with van der Waals surface area (Å²) in [6.45, 7) is 3.74. The minimum absolute atomic E-state index is 0.0875. The van der Waals surface area contributed by atoms with E-state index in [4.69, 9.17) is 33.3 Å². The Morgan fingerprint density at radius 1 is 1.13 bits per heavy atom. The van der Waals surface area contributed by atoms with E-state index < -0.39 is 0 Å². The molecule has 158 valence electrons. The van der Waals surface area contributed by atoms with Crippen molar-refractivity contribution in [3.8, 4) is 22.9 Å². The lowest BCUT2D eigenvalue weighted by atomic mass is 10.2. The molecule has 0 spiro atoms. The Kier molecular flexibility index (Phi) is 7.87. The number of halogens is 1. The van der Waals surface area contributed by atoms with E-state index >= 15 is 0 Å². The van der Waals surface area contributed by atoms with E-state index in [1.807, 2.05) is 35.8 Å². The van der Waals surface area contributed by atoms with Gasteiger partial charge < -0.3 is 14.8 Å². The van der Waals surface area contributed by atoms with Gasteiger partial charge in [-0.25, -0.2) is 0 Å². The van der Waals surface area contributed by atoms with Crippen molar-refractivity contribution >= 4 is 29.7 Å². The van der Waals surface area contributed by atoms with Crippen molar-refractivity contribution in [2.75, 3.05) is 19.8 Å². The van der Waals surface area contributed by atoms with E-state index in [9.17, 15) is 4.79 Å². The van der Waals surface area contributed by atoms with Crippen molar-refractivity contribution in [2.24, 2.45) is 0 Å². The van der Waals surface area contributed by atoms with E-state index in [2.05, 4.69) is 15.5 Å². The van der Waals surface area contributed by atoms with Crippen molar-refractivity contribution in [1.29, 1.82) is 0 Å². The van der Waals surface area contributed by atoms with Crippen LogP contribution in [0.25, 0.3) is 11.4 Å². The number of rotatable bonds is 10. The maximum atomic E-state index is 12.2. The first-order chi connectivity index (χ1) is 14.6. The quantitative estimate of drug-likeness (QED) is 0.359. The summed E-state index contributed by atoms with van der Waals surface area (Å²) in [7, 11) is 0. The summed E-state index contributed by atoms with van der Waals surface area (Å²) >= 11 is 11.2. The molecule has 7 nitrogen and oxygen atoms in total. The zero-order valence-electron chi connectivity index (χ0n) is 16.6. The number of hydrogen-bond donors (Lipinski definition) is 2. The van der Waals surface area contributed by atoms with Gasteiger partial charge in [0, 0.05) is 23.6 Å². The van der Waals surface area contributed by atoms with Crippen LogP contribution in [-0.2, 0) is 11.3 Å². The van der Waals surface area contributed by atoms with Crippen LogP contribution in [0.3, 0.4) is 0 Å². The summed E-state index contributed by atoms with van der Waals surface area (Å²) in [5.41, 5.74) is 0.891. The Morgan fingerprint density at radius 2 is 1.80 bits per heavy atom. The van der Waals surface area contributed by atoms with E-state index in [1.165, 1.54) is 0 Å². The number of aromatic amines is 1. The summed E-state index contributed by atoms with van der Waals surface area (Å²) in [5.74, 6) is 2.10. The normalized spacial score (nSPS) is 10.6. The lowest BCUT2D eigenvalue weighted by Crippen LogP contribution is -2.28. The second kappa shape index (κ2) is 10.8. The molecule has 0 aliphatic carbocycles. The lowest BCUT2D eigenvalue weighted by molar-refractivity contribution is -0.121. The second-order valence-corrected chi connectivity index (χ2v) is 7.19. The van der Waals surface area contributed by atoms with Gasteiger partial charge in [-0.3, -0.25) is 14.5 Å². The molecule has 1 aromatic heterocycles. The van der Waals surface area contributed by atoms with Crippen LogP contribution in [0.1, 0.15) is 13.3 Å². The lowest BCUT2D eigenvalue weighted by Gasteiger charge is -2.10. The molecule has 0 aliphatic rings. The van der Waals surface area contributed by atoms with Crippen LogP contribution in [-0.4, -0.2) is 40.4 Å². The Bertz CT molecular complexity index is 1020. The van der Waals surface area contributed by atoms with Crippen molar-refractivity contribution in [2.45, 2.75) is 19.9 Å². The maximum Gasteiger partial charge on any atom is 0.221 e. The average molecular weight is 447 g/mol. The van der Waals surface area contributed by atoms with E-state index in [-0.39, 0.29) is 12.3 Å². The van der Waals surface area contributed by atoms with Crippen LogP contribution >= 0.6 is 23.8 Å². The summed E-state index contributed by atoms with van der Waals surface area (Å²) in [5, 5.41) is 10.6. The molecule has 0 bridgehead atoms. The fraction of sp³-hybridized carbons (Fsp3) is 0.286. The van der Waals surface area contributed by atoms with Gasteiger partial charge in [0.1, 0.15) is 18.1 Å². The SMILES string of the molecule is CCOc1ccc(-c2n[nH]c(=S)n2CCC(=O)NCCOc2ccc(Cl)cc2)cc1. The minimum Gasteiger partial charge on any atom is -0.494 e. The number of carbonyl (C=O) groups excluding carboxylic acids is 1. The van der Waals surface area contributed by atoms with Gasteiger partial charge in [0.25, 0.3) is 0 Å². The smallest absolute Gasteiger partial charge is 0.221 e. The third-order valence-corrected chi connectivity index (χ3v) is 4.81. The molecule has 0 aliphatic heterocycles. The van der Waals surface area contributed by atoms with Gasteiger partial charge in [-0.15, -0.1) is 0 Å². The molecule has 0 fully saturated rings. The van der Waals surface area contributed by atoms with Gasteiger partial charge in [-0.1, -0.05) is 11.6 Å². The highest BCUT2D eigenvalue weighted by atomic mass is 35.5. The van der Waals surface area contributed by atoms with Crippen LogP contribution in [0.4, 0.5) is 0 Å². The third kappa shape index (κ3) is 6.08. The van der Waals surface area contributed by atoms with Crippen LogP contribution in [0.5, 0.6) is 11.5 Å². The summed E-state index contributed by atoms with van der Waals surface area (Å²) in [6, 6.07) is 14.7. The number of nitrogens with zero attached hydrogens (tertiary/aromatic N) is 2. The Hall–Kier alpha value is -2.84. The highest BCUT2D eigenvalue weighted by Gasteiger charge is 2.11. The molecule has 2 N–H and O–H groups in total. The largest absolute Gasteiger partial charge is 0.494 e. The van der Waals surface area contributed by atoms with E-state index in [0.717, 1.165) is 11.3 Å². The van der Waals surface area contributed by atoms with Crippen molar-refractivity contribution in [3.63, 3.8) is 0 Å². The Morgan fingerprint density at radius 3 is 2.50 bits per heavy atom. The zero-order chi connectivity index (χ0) is 21.3. The summed E-state index contributed by atoms with van der Waals surface area (Å²) in [4.78, 5) is 12.2. The molecule has 2 aromatic carbocycles. The van der Waals surface area contributed by atoms with Gasteiger partial charge in [-0.2, -0.15) is 5.10 Å². The molecule has 3 rings (SSSR count). The van der Waals surface area contributed by atoms with Crippen LogP contribution in [0, 0.1) is 4.77 Å². The number of carbonyl (C=O) groups is 1. The van der Waals surface area contributed by atoms with Crippen LogP contribution < -0.4 is 14.8 Å². The van der Waals surface area contributed by atoms with E-state index in [0.29, 0.717) is 47.7 Å². The third-order valence-electron chi connectivity index (χ3n) is 4.25. The molecular formula is C21H23ClN4O3S. The molecule has 0 unspecified atom stereocenters. The number of amides is 1. The first-order valence-corrected chi connectivity index (χ1v) is 10.4. The highest BCUT2D eigenvalue weighted by molar-refractivity contribution is 7.71. The number of H-pyrrole nitrogens is 1. The molecule has 0 atom stereocenters. The monoisotopic (exact) mass is 446 g/mol. The molecule has 1 heterocycles. The van der Waals surface area contributed by atoms with Crippen molar-refractivity contribution in [1.82, 2.24) is 20.1 Å². The average Bonchev–Trinajstić information content (AvgIpc) is 3.12. The van der Waals surface area contributed by atoms with Crippen molar-refractivity contribution < 1.29 is 14.3 Å². The first kappa shape index (κ1) is 21.9. The molecule has 3 aromatic rings. The van der Waals surface area contributed by atoms with Gasteiger partial charge in [0.05, 0.1) is 13.2 Å². The molecule has 0 saturated carbocycles. The van der Waals surface area contributed by atoms with E-state index in [1.54, 1.807) is 24.3 Å². The number of hydrogen-bond acceptors (Lipinski definition) is 5. The highest BCUT2D eigenvalue weighted by Crippen LogP contribution is 2.21. The van der Waals surface area contributed by atoms with Gasteiger partial charge in [-0.05, 0) is 67.7 Å². The number of benzene rings is 2. The van der Waals surface area contributed by atoms with Gasteiger partial charge >= 0.3 is 0 Å². The Labute approximate surface area is 185 Å². The molecule has 1 amide bonds. The molecule has 30 heavy (non-hydrogen) atoms. The topological polar surface area (TPSA) is 81.2 Å². The molecule has 0 radical (unpaired) electrons. The standard InChI is InChI=1S/C21H23ClN4O3S/c1-2-28-17-7-3-15(4-8-17)20-24-25-21(30)26(20)13-11-19(27)23-12-14-29-18-9-5-16(22)6-10-18/h3-10H,2,11-14H2,1H3,(H,23,27)(H,25,30). The number of nitrogens with one attached hydrogen (secondary N) is 2. The predicted octanol–water partition coefficient (Wildman–Crippen LogP) is 4.25.